The van der Waals surface area contributed by atoms with Crippen molar-refractivity contribution in [3.63, 3.8) is 0 Å². The molecule has 1 unspecified atom stereocenters. The average Bonchev–Trinajstić information content (AvgIpc) is 2.90. The number of hydrogen-bond donors (Lipinski definition) is 4. The zero-order chi connectivity index (χ0) is 20.6. The van der Waals surface area contributed by atoms with Gasteiger partial charge in [0.2, 0.25) is 10.0 Å². The van der Waals surface area contributed by atoms with Gasteiger partial charge in [0.15, 0.2) is 6.23 Å². The Hall–Kier alpha value is -2.45. The lowest BCUT2D eigenvalue weighted by atomic mass is 10.0. The highest BCUT2D eigenvalue weighted by atomic mass is 32.2. The Labute approximate surface area is 162 Å². The van der Waals surface area contributed by atoms with Crippen LogP contribution < -0.4 is 10.0 Å². The molecule has 0 saturated carbocycles. The molecule has 28 heavy (non-hydrogen) atoms. The number of nitrogens with zero attached hydrogens (tertiary/aromatic N) is 2. The predicted molar refractivity (Wildman–Crippen MR) is 99.2 cm³/mol. The highest BCUT2D eigenvalue weighted by Gasteiger charge is 2.34. The van der Waals surface area contributed by atoms with Crippen molar-refractivity contribution in [2.45, 2.75) is 43.0 Å². The number of nitriles is 1. The summed E-state index contributed by atoms with van der Waals surface area (Å²) >= 11 is 0. The number of rotatable bonds is 4. The molecule has 0 fully saturated rings. The molecule has 4 N–H and O–H groups in total. The van der Waals surface area contributed by atoms with Crippen LogP contribution in [0.3, 0.4) is 0 Å². The van der Waals surface area contributed by atoms with E-state index < -0.39 is 34.2 Å². The molecule has 8 nitrogen and oxygen atoms in total. The normalized spacial score (nSPS) is 20.5. The van der Waals surface area contributed by atoms with Gasteiger partial charge >= 0.3 is 0 Å². The van der Waals surface area contributed by atoms with E-state index in [2.05, 4.69) is 10.0 Å². The Kier molecular flexibility index (Phi) is 5.45. The molecule has 10 heteroatoms. The second kappa shape index (κ2) is 7.52. The molecular weight excluding hydrogens is 387 g/mol. The number of aliphatic hydroxyl groups is 2. The van der Waals surface area contributed by atoms with Crippen LogP contribution in [0.15, 0.2) is 29.3 Å². The number of anilines is 1. The number of halogens is 1. The Balaban J connectivity index is 1.96. The van der Waals surface area contributed by atoms with E-state index in [4.69, 9.17) is 5.26 Å². The molecule has 0 amide bonds. The lowest BCUT2D eigenvalue weighted by Crippen LogP contribution is -2.40. The largest absolute Gasteiger partial charge is 0.392 e. The molecule has 0 aliphatic carbocycles. The van der Waals surface area contributed by atoms with Gasteiger partial charge in [-0.05, 0) is 43.5 Å². The van der Waals surface area contributed by atoms with Gasteiger partial charge in [0.1, 0.15) is 16.8 Å². The van der Waals surface area contributed by atoms with Crippen molar-refractivity contribution in [2.24, 2.45) is 7.05 Å². The summed E-state index contributed by atoms with van der Waals surface area (Å²) in [7, 11) is -2.25. The monoisotopic (exact) mass is 408 g/mol. The minimum atomic E-state index is -3.86. The van der Waals surface area contributed by atoms with Crippen LogP contribution in [0.25, 0.3) is 0 Å². The highest BCUT2D eigenvalue weighted by Crippen LogP contribution is 2.32. The van der Waals surface area contributed by atoms with Crippen molar-refractivity contribution in [3.8, 4) is 6.07 Å². The average molecular weight is 408 g/mol. The summed E-state index contributed by atoms with van der Waals surface area (Å²) in [6, 6.07) is 4.85. The van der Waals surface area contributed by atoms with Gasteiger partial charge in [-0.15, -0.1) is 0 Å². The first-order chi connectivity index (χ1) is 13.1. The van der Waals surface area contributed by atoms with Gasteiger partial charge in [0.25, 0.3) is 0 Å². The maximum atomic E-state index is 13.5. The van der Waals surface area contributed by atoms with Crippen LogP contribution in [0.2, 0.25) is 0 Å². The molecule has 0 bridgehead atoms. The Morgan fingerprint density at radius 3 is 2.79 bits per heavy atom. The second-order valence-corrected chi connectivity index (χ2v) is 8.51. The van der Waals surface area contributed by atoms with E-state index in [9.17, 15) is 23.0 Å². The summed E-state index contributed by atoms with van der Waals surface area (Å²) < 4.78 is 42.8. The van der Waals surface area contributed by atoms with Crippen molar-refractivity contribution in [1.82, 2.24) is 9.29 Å². The number of fused-ring (bicyclic) bond motifs is 1. The van der Waals surface area contributed by atoms with Crippen LogP contribution in [-0.2, 0) is 23.5 Å². The quantitative estimate of drug-likeness (QED) is 0.562. The van der Waals surface area contributed by atoms with Crippen molar-refractivity contribution in [3.05, 3.63) is 47.0 Å². The summed E-state index contributed by atoms with van der Waals surface area (Å²) in [5, 5.41) is 32.2. The first-order valence-corrected chi connectivity index (χ1v) is 10.1. The lowest BCUT2D eigenvalue weighted by molar-refractivity contribution is 0.152. The SMILES string of the molecule is C[C@H](O)[C@H]1CCc2c(cn(C)c2C(O)Nc2ccc(F)c(C#N)c2)S(=O)(=O)N1. The molecule has 0 radical (unpaired) electrons. The fourth-order valence-corrected chi connectivity index (χ4v) is 5.06. The van der Waals surface area contributed by atoms with Crippen LogP contribution >= 0.6 is 0 Å². The van der Waals surface area contributed by atoms with E-state index in [1.165, 1.54) is 29.8 Å². The van der Waals surface area contributed by atoms with Crippen molar-refractivity contribution in [1.29, 1.82) is 5.26 Å². The smallest absolute Gasteiger partial charge is 0.242 e. The maximum Gasteiger partial charge on any atom is 0.242 e. The maximum absolute atomic E-state index is 13.5. The second-order valence-electron chi connectivity index (χ2n) is 6.83. The number of hydrogen-bond acceptors (Lipinski definition) is 6. The van der Waals surface area contributed by atoms with Crippen LogP contribution in [0.4, 0.5) is 10.1 Å². The number of aromatic nitrogens is 1. The predicted octanol–water partition coefficient (Wildman–Crippen LogP) is 1.11. The van der Waals surface area contributed by atoms with Crippen LogP contribution in [0.1, 0.15) is 36.4 Å². The van der Waals surface area contributed by atoms with Gasteiger partial charge in [-0.3, -0.25) is 0 Å². The van der Waals surface area contributed by atoms with Gasteiger partial charge in [0, 0.05) is 25.0 Å². The summed E-state index contributed by atoms with van der Waals surface area (Å²) in [4.78, 5) is 0.0471. The first kappa shape index (κ1) is 20.3. The van der Waals surface area contributed by atoms with Crippen molar-refractivity contribution in [2.75, 3.05) is 5.32 Å². The van der Waals surface area contributed by atoms with Crippen LogP contribution in [0, 0.1) is 17.1 Å². The van der Waals surface area contributed by atoms with E-state index in [1.807, 2.05) is 0 Å². The highest BCUT2D eigenvalue weighted by molar-refractivity contribution is 7.89. The minimum absolute atomic E-state index is 0.0471. The molecule has 150 valence electrons. The molecule has 3 atom stereocenters. The van der Waals surface area contributed by atoms with E-state index >= 15 is 0 Å². The molecular formula is C18H21FN4O4S. The zero-order valence-corrected chi connectivity index (χ0v) is 16.2. The van der Waals surface area contributed by atoms with Crippen LogP contribution in [-0.4, -0.2) is 35.3 Å². The topological polar surface area (TPSA) is 127 Å². The Morgan fingerprint density at radius 1 is 1.43 bits per heavy atom. The van der Waals surface area contributed by atoms with E-state index in [-0.39, 0.29) is 10.5 Å². The third-order valence-corrected chi connectivity index (χ3v) is 6.37. The minimum Gasteiger partial charge on any atom is -0.392 e. The number of aliphatic hydroxyl groups excluding tert-OH is 2. The molecule has 0 spiro atoms. The standard InChI is InChI=1S/C18H21FN4O4S/c1-10(24)15-6-4-13-16(28(26,27)22-15)9-23(2)17(13)18(25)21-12-3-5-14(19)11(7-12)8-20/h3,5,7,9-10,15,18,21-22,24-25H,4,6H2,1-2H3/t10-,15+,18?/m0/s1. The number of aryl methyl sites for hydroxylation is 1. The summed E-state index contributed by atoms with van der Waals surface area (Å²) in [5.41, 5.74) is 0.932. The van der Waals surface area contributed by atoms with Gasteiger partial charge in [0.05, 0.1) is 17.4 Å². The Morgan fingerprint density at radius 2 is 2.14 bits per heavy atom. The molecule has 1 aliphatic heterocycles. The molecule has 1 aromatic heterocycles. The van der Waals surface area contributed by atoms with Crippen molar-refractivity contribution < 1.29 is 23.0 Å². The van der Waals surface area contributed by atoms with E-state index in [0.717, 1.165) is 6.07 Å². The third-order valence-electron chi connectivity index (χ3n) is 4.83. The van der Waals surface area contributed by atoms with Gasteiger partial charge in [-0.1, -0.05) is 0 Å². The fourth-order valence-electron chi connectivity index (χ4n) is 3.39. The fraction of sp³-hybridized carbons (Fsp3) is 0.389. The summed E-state index contributed by atoms with van der Waals surface area (Å²) in [6.45, 7) is 1.52. The lowest BCUT2D eigenvalue weighted by Gasteiger charge is -2.19. The number of nitrogens with one attached hydrogen (secondary N) is 2. The molecule has 1 aliphatic rings. The first-order valence-electron chi connectivity index (χ1n) is 8.66. The Bertz CT molecular complexity index is 1040. The van der Waals surface area contributed by atoms with Gasteiger partial charge < -0.3 is 20.1 Å². The molecule has 2 heterocycles. The molecule has 3 rings (SSSR count). The number of sulfonamides is 1. The van der Waals surface area contributed by atoms with Gasteiger partial charge in [-0.25, -0.2) is 17.5 Å². The molecule has 1 aromatic carbocycles. The van der Waals surface area contributed by atoms with Crippen molar-refractivity contribution >= 4 is 15.7 Å². The summed E-state index contributed by atoms with van der Waals surface area (Å²) in [5.74, 6) is -0.670. The zero-order valence-electron chi connectivity index (χ0n) is 15.3. The van der Waals surface area contributed by atoms with E-state index in [0.29, 0.717) is 29.8 Å². The summed E-state index contributed by atoms with van der Waals surface area (Å²) in [6.07, 6.45) is -0.0401. The molecule has 2 aromatic rings. The molecule has 0 saturated heterocycles. The van der Waals surface area contributed by atoms with Crippen LogP contribution in [0.5, 0.6) is 0 Å². The third kappa shape index (κ3) is 3.74. The van der Waals surface area contributed by atoms with E-state index in [1.54, 1.807) is 13.1 Å². The van der Waals surface area contributed by atoms with Gasteiger partial charge in [-0.2, -0.15) is 5.26 Å². The number of benzene rings is 1.